The van der Waals surface area contributed by atoms with Gasteiger partial charge in [0.25, 0.3) is 11.8 Å². The molecule has 0 radical (unpaired) electrons. The lowest BCUT2D eigenvalue weighted by atomic mass is 10.0. The maximum Gasteiger partial charge on any atom is 0.273 e. The van der Waals surface area contributed by atoms with Crippen molar-refractivity contribution in [1.82, 2.24) is 5.32 Å². The van der Waals surface area contributed by atoms with Crippen LogP contribution >= 0.6 is 0 Å². The Hall–Kier alpha value is -3.03. The number of carbonyl (C=O) groups is 1. The van der Waals surface area contributed by atoms with E-state index in [1.54, 1.807) is 37.3 Å². The quantitative estimate of drug-likeness (QED) is 0.491. The van der Waals surface area contributed by atoms with E-state index in [0.29, 0.717) is 17.1 Å². The normalized spacial score (nSPS) is 13.6. The van der Waals surface area contributed by atoms with Gasteiger partial charge >= 0.3 is 0 Å². The number of nitrogens with two attached hydrogens (primary N) is 1. The van der Waals surface area contributed by atoms with Gasteiger partial charge < -0.3 is 20.9 Å². The molecule has 0 heterocycles. The Morgan fingerprint density at radius 3 is 2.52 bits per heavy atom. The van der Waals surface area contributed by atoms with Crippen molar-refractivity contribution in [3.8, 4) is 11.5 Å². The van der Waals surface area contributed by atoms with Crippen LogP contribution < -0.4 is 15.8 Å². The summed E-state index contributed by atoms with van der Waals surface area (Å²) in [6.07, 6.45) is -1.09. The van der Waals surface area contributed by atoms with E-state index in [4.69, 9.17) is 10.5 Å². The number of aliphatic hydroxyl groups excluding tert-OH is 1. The molecule has 2 atom stereocenters. The fraction of sp³-hybridized carbons (Fsp3) is 0.292. The molecule has 0 fully saturated rings. The van der Waals surface area contributed by atoms with Gasteiger partial charge in [0.05, 0.1) is 12.1 Å². The molecule has 0 saturated heterocycles. The molecule has 0 spiro atoms. The molecular weight excluding hydrogens is 402 g/mol. The Morgan fingerprint density at radius 2 is 1.87 bits per heavy atom. The molecular formula is C24H26F2N2O3. The van der Waals surface area contributed by atoms with E-state index in [0.717, 1.165) is 10.8 Å². The number of amides is 1. The second-order valence-electron chi connectivity index (χ2n) is 7.44. The highest BCUT2D eigenvalue weighted by Gasteiger charge is 2.28. The first-order valence-corrected chi connectivity index (χ1v) is 10.1. The molecule has 0 aliphatic carbocycles. The van der Waals surface area contributed by atoms with Gasteiger partial charge in [-0.15, -0.1) is 0 Å². The van der Waals surface area contributed by atoms with Crippen molar-refractivity contribution >= 4 is 16.7 Å². The van der Waals surface area contributed by atoms with Crippen LogP contribution in [-0.2, 0) is 5.92 Å². The van der Waals surface area contributed by atoms with Crippen LogP contribution in [0, 0.1) is 0 Å². The van der Waals surface area contributed by atoms with E-state index in [1.807, 2.05) is 6.07 Å². The molecule has 7 heteroatoms. The molecule has 1 amide bonds. The third-order valence-corrected chi connectivity index (χ3v) is 5.23. The summed E-state index contributed by atoms with van der Waals surface area (Å²) in [4.78, 5) is 12.5. The third kappa shape index (κ3) is 5.18. The molecule has 3 aromatic carbocycles. The molecule has 3 rings (SSSR count). The maximum atomic E-state index is 13.8. The summed E-state index contributed by atoms with van der Waals surface area (Å²) < 4.78 is 33.5. The van der Waals surface area contributed by atoms with Gasteiger partial charge in [-0.1, -0.05) is 19.1 Å². The Kier molecular flexibility index (Phi) is 6.87. The summed E-state index contributed by atoms with van der Waals surface area (Å²) >= 11 is 0. The number of alkyl halides is 2. The van der Waals surface area contributed by atoms with E-state index in [9.17, 15) is 18.7 Å². The predicted molar refractivity (Wildman–Crippen MR) is 117 cm³/mol. The first-order valence-electron chi connectivity index (χ1n) is 10.1. The highest BCUT2D eigenvalue weighted by molar-refractivity contribution is 6.00. The second-order valence-corrected chi connectivity index (χ2v) is 7.44. The number of rotatable bonds is 8. The van der Waals surface area contributed by atoms with Crippen molar-refractivity contribution < 1.29 is 23.4 Å². The minimum Gasteiger partial charge on any atom is -0.457 e. The highest BCUT2D eigenvalue weighted by Crippen LogP contribution is 2.34. The van der Waals surface area contributed by atoms with Gasteiger partial charge in [-0.2, -0.15) is 0 Å². The average Bonchev–Trinajstić information content (AvgIpc) is 2.78. The van der Waals surface area contributed by atoms with Gasteiger partial charge in [-0.25, -0.2) is 8.78 Å². The first-order chi connectivity index (χ1) is 14.7. The van der Waals surface area contributed by atoms with Gasteiger partial charge in [0, 0.05) is 29.5 Å². The number of benzene rings is 3. The van der Waals surface area contributed by atoms with Crippen molar-refractivity contribution in [2.24, 2.45) is 5.73 Å². The van der Waals surface area contributed by atoms with Crippen LogP contribution in [-0.4, -0.2) is 29.7 Å². The van der Waals surface area contributed by atoms with Crippen LogP contribution in [0.5, 0.6) is 11.5 Å². The monoisotopic (exact) mass is 428 g/mol. The number of hydrogen-bond donors (Lipinski definition) is 3. The van der Waals surface area contributed by atoms with Crippen molar-refractivity contribution in [3.63, 3.8) is 0 Å². The van der Waals surface area contributed by atoms with E-state index >= 15 is 0 Å². The van der Waals surface area contributed by atoms with Gasteiger partial charge in [0.15, 0.2) is 0 Å². The first kappa shape index (κ1) is 22.7. The van der Waals surface area contributed by atoms with Crippen molar-refractivity contribution in [2.75, 3.05) is 6.54 Å². The summed E-state index contributed by atoms with van der Waals surface area (Å²) in [7, 11) is 0. The minimum absolute atomic E-state index is 0.0510. The summed E-state index contributed by atoms with van der Waals surface area (Å²) in [5, 5.41) is 14.0. The van der Waals surface area contributed by atoms with E-state index in [-0.39, 0.29) is 24.4 Å². The molecule has 5 nitrogen and oxygen atoms in total. The lowest BCUT2D eigenvalue weighted by Gasteiger charge is -2.19. The van der Waals surface area contributed by atoms with Crippen LogP contribution in [0.2, 0.25) is 0 Å². The highest BCUT2D eigenvalue weighted by atomic mass is 19.3. The second kappa shape index (κ2) is 9.41. The molecule has 31 heavy (non-hydrogen) atoms. The number of ether oxygens (including phenoxy) is 1. The Bertz CT molecular complexity index is 1050. The van der Waals surface area contributed by atoms with E-state index < -0.39 is 18.1 Å². The minimum atomic E-state index is -2.87. The number of carbonyl (C=O) groups excluding carboxylic acids is 1. The molecule has 0 bridgehead atoms. The van der Waals surface area contributed by atoms with Crippen molar-refractivity contribution in [3.05, 3.63) is 71.8 Å². The number of nitrogens with one attached hydrogen (secondary N) is 1. The zero-order valence-corrected chi connectivity index (χ0v) is 17.4. The molecule has 0 aromatic heterocycles. The Balaban J connectivity index is 1.81. The standard InChI is InChI=1S/C24H26F2N2O3/c1-3-24(25,26)18-8-10-19(11-9-18)31-22-6-4-5-16-13-17(7-12-20(16)22)23(30)28-15(2)21(29)14-27/h4-13,15,21,29H,3,14,27H2,1-2H3,(H,28,30)/t15-,21-/m1/s1. The zero-order valence-electron chi connectivity index (χ0n) is 17.4. The fourth-order valence-corrected chi connectivity index (χ4v) is 3.17. The zero-order chi connectivity index (χ0) is 22.6. The molecule has 0 aliphatic rings. The van der Waals surface area contributed by atoms with Crippen molar-refractivity contribution in [1.29, 1.82) is 0 Å². The Morgan fingerprint density at radius 1 is 1.16 bits per heavy atom. The van der Waals surface area contributed by atoms with E-state index in [1.165, 1.54) is 31.2 Å². The van der Waals surface area contributed by atoms with Crippen LogP contribution in [0.15, 0.2) is 60.7 Å². The van der Waals surface area contributed by atoms with Gasteiger partial charge in [0.1, 0.15) is 11.5 Å². The van der Waals surface area contributed by atoms with Gasteiger partial charge in [-0.3, -0.25) is 4.79 Å². The summed E-state index contributed by atoms with van der Waals surface area (Å²) in [6.45, 7) is 3.18. The Labute approximate surface area is 179 Å². The number of halogens is 2. The smallest absolute Gasteiger partial charge is 0.273 e. The lowest BCUT2D eigenvalue weighted by molar-refractivity contribution is -0.00831. The average molecular weight is 428 g/mol. The van der Waals surface area contributed by atoms with Gasteiger partial charge in [0.2, 0.25) is 0 Å². The SMILES string of the molecule is CCC(F)(F)c1ccc(Oc2cccc3cc(C(=O)N[C@H](C)[C@H](O)CN)ccc23)cc1. The summed E-state index contributed by atoms with van der Waals surface area (Å²) in [6, 6.07) is 15.9. The predicted octanol–water partition coefficient (Wildman–Crippen LogP) is 4.57. The maximum absolute atomic E-state index is 13.8. The lowest BCUT2D eigenvalue weighted by Crippen LogP contribution is -2.44. The number of aliphatic hydroxyl groups is 1. The van der Waals surface area contributed by atoms with Gasteiger partial charge in [-0.05, 0) is 60.8 Å². The summed E-state index contributed by atoms with van der Waals surface area (Å²) in [5.74, 6) is -2.20. The number of hydrogen-bond acceptors (Lipinski definition) is 4. The summed E-state index contributed by atoms with van der Waals surface area (Å²) in [5.41, 5.74) is 5.81. The topological polar surface area (TPSA) is 84.6 Å². The third-order valence-electron chi connectivity index (χ3n) is 5.23. The van der Waals surface area contributed by atoms with E-state index in [2.05, 4.69) is 5.32 Å². The van der Waals surface area contributed by atoms with Crippen molar-refractivity contribution in [2.45, 2.75) is 38.3 Å². The molecule has 164 valence electrons. The molecule has 3 aromatic rings. The number of fused-ring (bicyclic) bond motifs is 1. The molecule has 0 saturated carbocycles. The molecule has 4 N–H and O–H groups in total. The van der Waals surface area contributed by atoms with Crippen LogP contribution in [0.25, 0.3) is 10.8 Å². The van der Waals surface area contributed by atoms with Crippen LogP contribution in [0.3, 0.4) is 0 Å². The largest absolute Gasteiger partial charge is 0.457 e. The molecule has 0 unspecified atom stereocenters. The van der Waals surface area contributed by atoms with Crippen LogP contribution in [0.4, 0.5) is 8.78 Å². The fourth-order valence-electron chi connectivity index (χ4n) is 3.17. The molecule has 0 aliphatic heterocycles. The van der Waals surface area contributed by atoms with Crippen LogP contribution in [0.1, 0.15) is 36.2 Å².